The number of carbonyl (C=O) groups is 2. The Morgan fingerprint density at radius 1 is 1.33 bits per heavy atom. The number of carboxylic acids is 1. The van der Waals surface area contributed by atoms with E-state index in [1.165, 1.54) is 18.2 Å². The molecule has 8 heteroatoms. The van der Waals surface area contributed by atoms with Gasteiger partial charge in [-0.25, -0.2) is 0 Å². The number of halogens is 3. The summed E-state index contributed by atoms with van der Waals surface area (Å²) < 4.78 is 38.6. The van der Waals surface area contributed by atoms with Crippen molar-refractivity contribution in [3.8, 4) is 0 Å². The first kappa shape index (κ1) is 15.3. The number of hydrogen-bond acceptors (Lipinski definition) is 3. The van der Waals surface area contributed by atoms with Crippen molar-refractivity contribution >= 4 is 17.6 Å². The Labute approximate surface area is 118 Å². The van der Waals surface area contributed by atoms with E-state index < -0.39 is 29.5 Å². The summed E-state index contributed by atoms with van der Waals surface area (Å²) in [5.41, 5.74) is 2.51. The van der Waals surface area contributed by atoms with Gasteiger partial charge in [0.15, 0.2) is 5.54 Å². The summed E-state index contributed by atoms with van der Waals surface area (Å²) in [5.74, 6) is -3.64. The van der Waals surface area contributed by atoms with E-state index in [9.17, 15) is 22.8 Å². The number of carboxylic acid groups (broad SMARTS) is 1. The van der Waals surface area contributed by atoms with E-state index in [0.717, 1.165) is 4.90 Å². The topological polar surface area (TPSA) is 83.6 Å². The maximum atomic E-state index is 12.9. The van der Waals surface area contributed by atoms with Crippen molar-refractivity contribution < 1.29 is 27.9 Å². The molecule has 1 aromatic carbocycles. The van der Waals surface area contributed by atoms with Crippen molar-refractivity contribution in [3.63, 3.8) is 0 Å². The SMILES string of the molecule is CC(N)(C(=O)N1CC(C(=O)O)c2ccccc21)C(F)(F)F. The van der Waals surface area contributed by atoms with Gasteiger partial charge in [0.05, 0.1) is 0 Å². The number of anilines is 1. The molecule has 0 aromatic heterocycles. The van der Waals surface area contributed by atoms with E-state index >= 15 is 0 Å². The van der Waals surface area contributed by atoms with Gasteiger partial charge in [0.1, 0.15) is 5.92 Å². The number of alkyl halides is 3. The lowest BCUT2D eigenvalue weighted by Crippen LogP contribution is -2.62. The third kappa shape index (κ3) is 2.35. The number of hydrogen-bond donors (Lipinski definition) is 2. The Morgan fingerprint density at radius 2 is 1.90 bits per heavy atom. The summed E-state index contributed by atoms with van der Waals surface area (Å²) >= 11 is 0. The van der Waals surface area contributed by atoms with Crippen LogP contribution in [0.1, 0.15) is 18.4 Å². The van der Waals surface area contributed by atoms with E-state index in [2.05, 4.69) is 0 Å². The second kappa shape index (κ2) is 4.73. The highest BCUT2D eigenvalue weighted by Crippen LogP contribution is 2.39. The first-order valence-electron chi connectivity index (χ1n) is 6.06. The number of para-hydroxylation sites is 1. The minimum atomic E-state index is -4.93. The predicted octanol–water partition coefficient (Wildman–Crippen LogP) is 1.48. The van der Waals surface area contributed by atoms with Gasteiger partial charge < -0.3 is 15.7 Å². The summed E-state index contributed by atoms with van der Waals surface area (Å²) in [6.45, 7) is 0.211. The fourth-order valence-corrected chi connectivity index (χ4v) is 2.21. The summed E-state index contributed by atoms with van der Waals surface area (Å²) in [4.78, 5) is 24.1. The van der Waals surface area contributed by atoms with Crippen LogP contribution in [0.25, 0.3) is 0 Å². The average Bonchev–Trinajstić information content (AvgIpc) is 2.76. The van der Waals surface area contributed by atoms with Gasteiger partial charge in [-0.15, -0.1) is 0 Å². The highest BCUT2D eigenvalue weighted by atomic mass is 19.4. The van der Waals surface area contributed by atoms with Crippen molar-refractivity contribution in [1.82, 2.24) is 0 Å². The molecule has 0 bridgehead atoms. The number of amides is 1. The molecule has 2 unspecified atom stereocenters. The number of aliphatic carboxylic acids is 1. The molecule has 0 aliphatic carbocycles. The zero-order valence-electron chi connectivity index (χ0n) is 11.0. The molecule has 1 aliphatic rings. The molecule has 3 N–H and O–H groups in total. The minimum Gasteiger partial charge on any atom is -0.481 e. The fourth-order valence-electron chi connectivity index (χ4n) is 2.21. The number of rotatable bonds is 2. The molecule has 1 amide bonds. The summed E-state index contributed by atoms with van der Waals surface area (Å²) in [6.07, 6.45) is -4.93. The normalized spacial score (nSPS) is 20.8. The van der Waals surface area contributed by atoms with Gasteiger partial charge in [0.25, 0.3) is 5.91 Å². The number of nitrogens with zero attached hydrogens (tertiary/aromatic N) is 1. The van der Waals surface area contributed by atoms with Crippen molar-refractivity contribution in [1.29, 1.82) is 0 Å². The van der Waals surface area contributed by atoms with Gasteiger partial charge in [0.2, 0.25) is 0 Å². The molecule has 0 radical (unpaired) electrons. The molecule has 1 heterocycles. The van der Waals surface area contributed by atoms with Crippen molar-refractivity contribution in [2.45, 2.75) is 24.6 Å². The second-order valence-corrected chi connectivity index (χ2v) is 5.07. The molecule has 114 valence electrons. The molecule has 5 nitrogen and oxygen atoms in total. The van der Waals surface area contributed by atoms with E-state index in [0.29, 0.717) is 12.5 Å². The van der Waals surface area contributed by atoms with Crippen LogP contribution in [0, 0.1) is 0 Å². The smallest absolute Gasteiger partial charge is 0.415 e. The first-order valence-corrected chi connectivity index (χ1v) is 6.06. The molecule has 2 atom stereocenters. The third-order valence-corrected chi connectivity index (χ3v) is 3.54. The number of fused-ring (bicyclic) bond motifs is 1. The van der Waals surface area contributed by atoms with Crippen LogP contribution in [0.5, 0.6) is 0 Å². The zero-order chi connectivity index (χ0) is 16.0. The standard InChI is InChI=1S/C13H13F3N2O3/c1-12(17,13(14,15)16)11(21)18-6-8(10(19)20)7-4-2-3-5-9(7)18/h2-5,8H,6,17H2,1H3,(H,19,20). The van der Waals surface area contributed by atoms with Crippen LogP contribution in [-0.4, -0.2) is 35.2 Å². The largest absolute Gasteiger partial charge is 0.481 e. The molecule has 0 spiro atoms. The maximum Gasteiger partial charge on any atom is 0.415 e. The van der Waals surface area contributed by atoms with E-state index in [1.807, 2.05) is 0 Å². The number of benzene rings is 1. The Bertz CT molecular complexity index is 599. The van der Waals surface area contributed by atoms with Crippen LogP contribution in [0.3, 0.4) is 0 Å². The zero-order valence-corrected chi connectivity index (χ0v) is 11.0. The van der Waals surface area contributed by atoms with Crippen LogP contribution in [0.2, 0.25) is 0 Å². The second-order valence-electron chi connectivity index (χ2n) is 5.07. The van der Waals surface area contributed by atoms with Gasteiger partial charge in [0, 0.05) is 12.2 Å². The van der Waals surface area contributed by atoms with Crippen molar-refractivity contribution in [3.05, 3.63) is 29.8 Å². The molecule has 1 aromatic rings. The van der Waals surface area contributed by atoms with Crippen LogP contribution < -0.4 is 10.6 Å². The van der Waals surface area contributed by atoms with Crippen LogP contribution in [-0.2, 0) is 9.59 Å². The molecule has 0 fully saturated rings. The Hall–Kier alpha value is -2.09. The lowest BCUT2D eigenvalue weighted by atomic mass is 10.0. The average molecular weight is 302 g/mol. The molecule has 21 heavy (non-hydrogen) atoms. The lowest BCUT2D eigenvalue weighted by Gasteiger charge is -2.31. The molecule has 1 aliphatic heterocycles. The van der Waals surface area contributed by atoms with E-state index in [-0.39, 0.29) is 12.2 Å². The van der Waals surface area contributed by atoms with Gasteiger partial charge in [-0.3, -0.25) is 9.59 Å². The van der Waals surface area contributed by atoms with Crippen molar-refractivity contribution in [2.24, 2.45) is 5.73 Å². The number of carbonyl (C=O) groups excluding carboxylic acids is 1. The summed E-state index contributed by atoms with van der Waals surface area (Å²) in [6, 6.07) is 5.96. The van der Waals surface area contributed by atoms with Crippen molar-refractivity contribution in [2.75, 3.05) is 11.4 Å². The van der Waals surface area contributed by atoms with Crippen LogP contribution in [0.4, 0.5) is 18.9 Å². The Morgan fingerprint density at radius 3 is 2.43 bits per heavy atom. The van der Waals surface area contributed by atoms with Gasteiger partial charge in [-0.05, 0) is 18.6 Å². The summed E-state index contributed by atoms with van der Waals surface area (Å²) in [7, 11) is 0. The molecule has 2 rings (SSSR count). The van der Waals surface area contributed by atoms with Gasteiger partial charge in [-0.2, -0.15) is 13.2 Å². The Balaban J connectivity index is 2.44. The van der Waals surface area contributed by atoms with Gasteiger partial charge in [-0.1, -0.05) is 18.2 Å². The molecule has 0 saturated heterocycles. The van der Waals surface area contributed by atoms with E-state index in [4.69, 9.17) is 10.8 Å². The summed E-state index contributed by atoms with van der Waals surface area (Å²) in [5, 5.41) is 9.13. The fraction of sp³-hybridized carbons (Fsp3) is 0.385. The Kier molecular flexibility index (Phi) is 3.45. The first-order chi connectivity index (χ1) is 9.57. The monoisotopic (exact) mass is 302 g/mol. The quantitative estimate of drug-likeness (QED) is 0.867. The highest BCUT2D eigenvalue weighted by molar-refractivity contribution is 6.04. The molecule has 0 saturated carbocycles. The number of nitrogens with two attached hydrogens (primary N) is 1. The molecular weight excluding hydrogens is 289 g/mol. The predicted molar refractivity (Wildman–Crippen MR) is 67.8 cm³/mol. The van der Waals surface area contributed by atoms with Crippen LogP contribution >= 0.6 is 0 Å². The maximum absolute atomic E-state index is 12.9. The van der Waals surface area contributed by atoms with Gasteiger partial charge >= 0.3 is 12.1 Å². The minimum absolute atomic E-state index is 0.149. The van der Waals surface area contributed by atoms with Crippen LogP contribution in [0.15, 0.2) is 24.3 Å². The molecular formula is C13H13F3N2O3. The van der Waals surface area contributed by atoms with E-state index in [1.54, 1.807) is 6.07 Å². The lowest BCUT2D eigenvalue weighted by molar-refractivity contribution is -0.185. The third-order valence-electron chi connectivity index (χ3n) is 3.54. The highest BCUT2D eigenvalue weighted by Gasteiger charge is 2.56.